The van der Waals surface area contributed by atoms with E-state index in [1.165, 1.54) is 11.8 Å². The van der Waals surface area contributed by atoms with Crippen molar-refractivity contribution in [3.8, 4) is 11.3 Å². The number of nitrogens with zero attached hydrogens (tertiary/aromatic N) is 2. The highest BCUT2D eigenvalue weighted by molar-refractivity contribution is 8.19. The summed E-state index contributed by atoms with van der Waals surface area (Å²) in [5.74, 6) is 1.18. The van der Waals surface area contributed by atoms with Crippen LogP contribution in [0.25, 0.3) is 17.4 Å². The number of amidine groups is 1. The maximum absolute atomic E-state index is 13.5. The zero-order valence-corrected chi connectivity index (χ0v) is 20.2. The number of amides is 1. The molecule has 34 heavy (non-hydrogen) atoms. The number of benzene rings is 3. The van der Waals surface area contributed by atoms with E-state index in [1.807, 2.05) is 98.8 Å². The van der Waals surface area contributed by atoms with Crippen molar-refractivity contribution in [3.05, 3.63) is 112 Å². The van der Waals surface area contributed by atoms with Gasteiger partial charge in [-0.25, -0.2) is 4.99 Å². The van der Waals surface area contributed by atoms with Gasteiger partial charge in [0.05, 0.1) is 16.3 Å². The van der Waals surface area contributed by atoms with Gasteiger partial charge in [-0.3, -0.25) is 9.69 Å². The number of aryl methyl sites for hydroxylation is 2. The fraction of sp³-hybridized carbons (Fsp3) is 0.0714. The third-order valence-electron chi connectivity index (χ3n) is 5.32. The van der Waals surface area contributed by atoms with E-state index >= 15 is 0 Å². The molecule has 0 saturated carbocycles. The Labute approximate surface area is 207 Å². The number of carbonyl (C=O) groups is 1. The molecule has 0 aliphatic carbocycles. The Balaban J connectivity index is 1.52. The minimum absolute atomic E-state index is 0.133. The molecule has 3 aromatic carbocycles. The summed E-state index contributed by atoms with van der Waals surface area (Å²) in [6.45, 7) is 4.03. The summed E-state index contributed by atoms with van der Waals surface area (Å²) in [5, 5.41) is 1.28. The molecule has 1 saturated heterocycles. The number of aliphatic imine (C=N–C) groups is 1. The number of hydrogen-bond donors (Lipinski definition) is 0. The van der Waals surface area contributed by atoms with Crippen LogP contribution in [0.15, 0.2) is 99.2 Å². The van der Waals surface area contributed by atoms with Gasteiger partial charge >= 0.3 is 0 Å². The van der Waals surface area contributed by atoms with Gasteiger partial charge in [-0.1, -0.05) is 35.9 Å². The van der Waals surface area contributed by atoms with Crippen LogP contribution in [0.3, 0.4) is 0 Å². The predicted molar refractivity (Wildman–Crippen MR) is 142 cm³/mol. The predicted octanol–water partition coefficient (Wildman–Crippen LogP) is 8.03. The van der Waals surface area contributed by atoms with Crippen LogP contribution >= 0.6 is 23.4 Å². The average Bonchev–Trinajstić information content (AvgIpc) is 3.39. The van der Waals surface area contributed by atoms with Crippen molar-refractivity contribution in [2.75, 3.05) is 4.90 Å². The van der Waals surface area contributed by atoms with Crippen LogP contribution < -0.4 is 4.90 Å². The van der Waals surface area contributed by atoms with Crippen LogP contribution in [0.2, 0.25) is 5.02 Å². The molecule has 4 nitrogen and oxygen atoms in total. The fourth-order valence-electron chi connectivity index (χ4n) is 3.68. The highest BCUT2D eigenvalue weighted by Gasteiger charge is 2.35. The molecule has 0 spiro atoms. The third-order valence-corrected chi connectivity index (χ3v) is 6.54. The molecule has 1 aliphatic rings. The lowest BCUT2D eigenvalue weighted by molar-refractivity contribution is -0.113. The molecule has 0 bridgehead atoms. The number of thioether (sulfide) groups is 1. The highest BCUT2D eigenvalue weighted by Crippen LogP contribution is 2.38. The number of carbonyl (C=O) groups excluding carboxylic acids is 1. The Bertz CT molecular complexity index is 1440. The molecule has 1 fully saturated rings. The standard InChI is InChI=1S/C28H21ClN2O2S/c1-18-5-3-7-22(15-18)30-28-31(23-8-4-6-19(2)16-23)27(32)26(34-28)17-24-13-14-25(33-24)20-9-11-21(29)12-10-20/h3-17H,1-2H3/b26-17+,30-28?. The molecule has 5 rings (SSSR count). The zero-order chi connectivity index (χ0) is 23.7. The second-order valence-electron chi connectivity index (χ2n) is 8.03. The Morgan fingerprint density at radius 3 is 2.38 bits per heavy atom. The van der Waals surface area contributed by atoms with Gasteiger partial charge in [-0.2, -0.15) is 0 Å². The first-order valence-corrected chi connectivity index (χ1v) is 12.0. The van der Waals surface area contributed by atoms with Crippen molar-refractivity contribution in [2.45, 2.75) is 13.8 Å². The lowest BCUT2D eigenvalue weighted by atomic mass is 10.2. The summed E-state index contributed by atoms with van der Waals surface area (Å²) < 4.78 is 6.01. The van der Waals surface area contributed by atoms with Gasteiger partial charge in [0.1, 0.15) is 11.5 Å². The molecule has 4 aromatic rings. The zero-order valence-electron chi connectivity index (χ0n) is 18.7. The molecule has 2 heterocycles. The molecule has 6 heteroatoms. The number of anilines is 1. The molecular weight excluding hydrogens is 464 g/mol. The maximum Gasteiger partial charge on any atom is 0.271 e. The van der Waals surface area contributed by atoms with E-state index < -0.39 is 0 Å². The van der Waals surface area contributed by atoms with E-state index in [1.54, 1.807) is 11.0 Å². The van der Waals surface area contributed by atoms with Gasteiger partial charge in [0.2, 0.25) is 0 Å². The summed E-state index contributed by atoms with van der Waals surface area (Å²) >= 11 is 7.33. The van der Waals surface area contributed by atoms with Gasteiger partial charge in [0.25, 0.3) is 5.91 Å². The van der Waals surface area contributed by atoms with Crippen LogP contribution in [0, 0.1) is 13.8 Å². The monoisotopic (exact) mass is 484 g/mol. The van der Waals surface area contributed by atoms with E-state index in [0.717, 1.165) is 28.1 Å². The first-order valence-electron chi connectivity index (χ1n) is 10.8. The molecule has 1 amide bonds. The second kappa shape index (κ2) is 9.37. The van der Waals surface area contributed by atoms with Crippen molar-refractivity contribution in [1.29, 1.82) is 0 Å². The lowest BCUT2D eigenvalue weighted by Gasteiger charge is -2.16. The molecule has 0 atom stereocenters. The van der Waals surface area contributed by atoms with Crippen LogP contribution in [0.1, 0.15) is 16.9 Å². The van der Waals surface area contributed by atoms with Gasteiger partial charge < -0.3 is 4.42 Å². The van der Waals surface area contributed by atoms with Crippen LogP contribution in [0.4, 0.5) is 11.4 Å². The van der Waals surface area contributed by atoms with Crippen molar-refractivity contribution < 1.29 is 9.21 Å². The van der Waals surface area contributed by atoms with Crippen LogP contribution in [-0.4, -0.2) is 11.1 Å². The third kappa shape index (κ3) is 4.72. The fourth-order valence-corrected chi connectivity index (χ4v) is 4.79. The van der Waals surface area contributed by atoms with E-state index in [0.29, 0.717) is 26.6 Å². The number of halogens is 1. The van der Waals surface area contributed by atoms with E-state index in [9.17, 15) is 4.79 Å². The van der Waals surface area contributed by atoms with E-state index in [4.69, 9.17) is 21.0 Å². The smallest absolute Gasteiger partial charge is 0.271 e. The summed E-state index contributed by atoms with van der Waals surface area (Å²) in [7, 11) is 0. The largest absolute Gasteiger partial charge is 0.457 e. The van der Waals surface area contributed by atoms with Gasteiger partial charge in [0, 0.05) is 16.7 Å². The van der Waals surface area contributed by atoms with E-state index in [-0.39, 0.29) is 5.91 Å². The first-order chi connectivity index (χ1) is 16.5. The van der Waals surface area contributed by atoms with Crippen LogP contribution in [0.5, 0.6) is 0 Å². The van der Waals surface area contributed by atoms with Crippen molar-refractivity contribution in [2.24, 2.45) is 4.99 Å². The molecule has 0 N–H and O–H groups in total. The van der Waals surface area contributed by atoms with Gasteiger partial charge in [-0.15, -0.1) is 0 Å². The Kier molecular flexibility index (Phi) is 6.14. The topological polar surface area (TPSA) is 45.8 Å². The summed E-state index contributed by atoms with van der Waals surface area (Å²) in [6, 6.07) is 27.0. The molecule has 1 aliphatic heterocycles. The minimum Gasteiger partial charge on any atom is -0.457 e. The summed E-state index contributed by atoms with van der Waals surface area (Å²) in [4.78, 5) is 20.5. The number of rotatable bonds is 4. The lowest BCUT2D eigenvalue weighted by Crippen LogP contribution is -2.28. The quantitative estimate of drug-likeness (QED) is 0.275. The Morgan fingerprint density at radius 1 is 0.912 bits per heavy atom. The summed E-state index contributed by atoms with van der Waals surface area (Å²) in [6.07, 6.45) is 1.77. The second-order valence-corrected chi connectivity index (χ2v) is 9.48. The first kappa shape index (κ1) is 22.3. The molecule has 168 valence electrons. The average molecular weight is 485 g/mol. The van der Waals surface area contributed by atoms with Crippen molar-refractivity contribution in [1.82, 2.24) is 0 Å². The molecule has 1 aromatic heterocycles. The van der Waals surface area contributed by atoms with Gasteiger partial charge in [-0.05, 0) is 97.4 Å². The van der Waals surface area contributed by atoms with Crippen molar-refractivity contribution in [3.63, 3.8) is 0 Å². The number of hydrogen-bond acceptors (Lipinski definition) is 4. The molecule has 0 radical (unpaired) electrons. The van der Waals surface area contributed by atoms with Crippen LogP contribution in [-0.2, 0) is 4.79 Å². The van der Waals surface area contributed by atoms with E-state index in [2.05, 4.69) is 0 Å². The molecule has 0 unspecified atom stereocenters. The normalized spacial score (nSPS) is 16.1. The SMILES string of the molecule is Cc1cccc(N=C2S/C(=C/c3ccc(-c4ccc(Cl)cc4)o3)C(=O)N2c2cccc(C)c2)c1. The van der Waals surface area contributed by atoms with Gasteiger partial charge in [0.15, 0.2) is 5.17 Å². The Morgan fingerprint density at radius 2 is 1.65 bits per heavy atom. The number of furan rings is 1. The molecular formula is C28H21ClN2O2S. The minimum atomic E-state index is -0.133. The maximum atomic E-state index is 13.5. The summed E-state index contributed by atoms with van der Waals surface area (Å²) in [5.41, 5.74) is 4.69. The Hall–Kier alpha value is -3.54. The highest BCUT2D eigenvalue weighted by atomic mass is 35.5. The van der Waals surface area contributed by atoms with Crippen molar-refractivity contribution >= 4 is 51.9 Å².